The van der Waals surface area contributed by atoms with Gasteiger partial charge >= 0.3 is 5.97 Å². The molecule has 0 aliphatic rings. The second-order valence-electron chi connectivity index (χ2n) is 5.48. The van der Waals surface area contributed by atoms with Gasteiger partial charge in [0, 0.05) is 6.42 Å². The van der Waals surface area contributed by atoms with Crippen molar-refractivity contribution in [3.63, 3.8) is 0 Å². The average Bonchev–Trinajstić information content (AvgIpc) is 2.61. The number of nitrogens with one attached hydrogen (secondary N) is 1. The number of esters is 1. The van der Waals surface area contributed by atoms with Crippen LogP contribution in [0.25, 0.3) is 10.8 Å². The Morgan fingerprint density at radius 1 is 1.19 bits per heavy atom. The number of fused-ring (bicyclic) bond motifs is 1. The molecule has 1 atom stereocenters. The van der Waals surface area contributed by atoms with Crippen LogP contribution < -0.4 is 4.72 Å². The lowest BCUT2D eigenvalue weighted by Gasteiger charge is -2.14. The van der Waals surface area contributed by atoms with E-state index in [-0.39, 0.29) is 24.3 Å². The maximum atomic E-state index is 12.5. The SMILES string of the molecule is CCOC(=O)C(CCC#N)C(=O)NS(=O)(=O)c1ccc2ccccc2c1. The molecule has 0 radical (unpaired) electrons. The average molecular weight is 374 g/mol. The predicted octanol–water partition coefficient (Wildman–Crippen LogP) is 2.13. The number of nitrogens with zero attached hydrogens (tertiary/aromatic N) is 1. The number of hydrogen-bond acceptors (Lipinski definition) is 6. The minimum atomic E-state index is -4.16. The highest BCUT2D eigenvalue weighted by molar-refractivity contribution is 7.90. The summed E-state index contributed by atoms with van der Waals surface area (Å²) in [7, 11) is -4.16. The Bertz CT molecular complexity index is 963. The first kappa shape index (κ1) is 19.4. The zero-order valence-electron chi connectivity index (χ0n) is 14.1. The van der Waals surface area contributed by atoms with Gasteiger partial charge in [-0.25, -0.2) is 13.1 Å². The van der Waals surface area contributed by atoms with E-state index in [1.165, 1.54) is 12.1 Å². The smallest absolute Gasteiger partial charge is 0.318 e. The summed E-state index contributed by atoms with van der Waals surface area (Å²) in [5, 5.41) is 10.2. The molecule has 2 aromatic carbocycles. The Morgan fingerprint density at radius 2 is 1.88 bits per heavy atom. The Balaban J connectivity index is 2.25. The Morgan fingerprint density at radius 3 is 2.54 bits per heavy atom. The monoisotopic (exact) mass is 374 g/mol. The van der Waals surface area contributed by atoms with Gasteiger partial charge in [-0.15, -0.1) is 0 Å². The molecule has 1 unspecified atom stereocenters. The van der Waals surface area contributed by atoms with Gasteiger partial charge in [0.25, 0.3) is 10.0 Å². The molecule has 0 aromatic heterocycles. The molecular formula is C18H18N2O5S. The summed E-state index contributed by atoms with van der Waals surface area (Å²) in [5.74, 6) is -3.22. The molecule has 2 rings (SSSR count). The van der Waals surface area contributed by atoms with Gasteiger partial charge < -0.3 is 4.74 Å². The molecule has 0 aliphatic carbocycles. The van der Waals surface area contributed by atoms with E-state index < -0.39 is 27.8 Å². The third kappa shape index (κ3) is 4.58. The maximum absolute atomic E-state index is 12.5. The van der Waals surface area contributed by atoms with E-state index in [0.717, 1.165) is 5.39 Å². The van der Waals surface area contributed by atoms with E-state index >= 15 is 0 Å². The normalized spacial score (nSPS) is 12.2. The second-order valence-corrected chi connectivity index (χ2v) is 7.16. The van der Waals surface area contributed by atoms with Crippen molar-refractivity contribution in [3.8, 4) is 6.07 Å². The van der Waals surface area contributed by atoms with Gasteiger partial charge in [0.05, 0.1) is 17.6 Å². The van der Waals surface area contributed by atoms with E-state index in [4.69, 9.17) is 10.00 Å². The lowest BCUT2D eigenvalue weighted by Crippen LogP contribution is -2.39. The predicted molar refractivity (Wildman–Crippen MR) is 94.2 cm³/mol. The number of sulfonamides is 1. The van der Waals surface area contributed by atoms with Crippen LogP contribution in [-0.2, 0) is 24.3 Å². The van der Waals surface area contributed by atoms with E-state index in [9.17, 15) is 18.0 Å². The van der Waals surface area contributed by atoms with Crippen molar-refractivity contribution in [1.29, 1.82) is 5.26 Å². The Labute approximate surface area is 151 Å². The van der Waals surface area contributed by atoms with Gasteiger partial charge in [-0.05, 0) is 36.2 Å². The Hall–Kier alpha value is -2.92. The third-order valence-corrected chi connectivity index (χ3v) is 5.04. The molecule has 1 N–H and O–H groups in total. The molecular weight excluding hydrogens is 356 g/mol. The molecule has 0 fully saturated rings. The van der Waals surface area contributed by atoms with Crippen LogP contribution in [0, 0.1) is 17.2 Å². The quantitative estimate of drug-likeness (QED) is 0.587. The van der Waals surface area contributed by atoms with Gasteiger partial charge in [0.15, 0.2) is 0 Å². The van der Waals surface area contributed by atoms with Crippen molar-refractivity contribution in [2.75, 3.05) is 6.61 Å². The lowest BCUT2D eigenvalue weighted by molar-refractivity contribution is -0.151. The number of rotatable bonds is 7. The number of ether oxygens (including phenoxy) is 1. The van der Waals surface area contributed by atoms with E-state index in [1.54, 1.807) is 25.1 Å². The molecule has 7 nitrogen and oxygen atoms in total. The van der Waals surface area contributed by atoms with Crippen LogP contribution in [-0.4, -0.2) is 26.9 Å². The van der Waals surface area contributed by atoms with Gasteiger partial charge in [-0.1, -0.05) is 30.3 Å². The van der Waals surface area contributed by atoms with Crippen LogP contribution in [0.1, 0.15) is 19.8 Å². The summed E-state index contributed by atoms with van der Waals surface area (Å²) in [5.41, 5.74) is 0. The molecule has 26 heavy (non-hydrogen) atoms. The first-order valence-corrected chi connectivity index (χ1v) is 9.46. The fourth-order valence-corrected chi connectivity index (χ4v) is 3.46. The highest BCUT2D eigenvalue weighted by Crippen LogP contribution is 2.19. The molecule has 0 spiro atoms. The largest absolute Gasteiger partial charge is 0.465 e. The number of nitriles is 1. The highest BCUT2D eigenvalue weighted by atomic mass is 32.2. The van der Waals surface area contributed by atoms with Crippen molar-refractivity contribution < 1.29 is 22.7 Å². The summed E-state index contributed by atoms with van der Waals surface area (Å²) in [6.07, 6.45) is -0.193. The van der Waals surface area contributed by atoms with Crippen LogP contribution in [0.3, 0.4) is 0 Å². The van der Waals surface area contributed by atoms with Crippen molar-refractivity contribution in [2.45, 2.75) is 24.7 Å². The first-order chi connectivity index (χ1) is 12.4. The molecule has 0 heterocycles. The van der Waals surface area contributed by atoms with Crippen LogP contribution in [0.15, 0.2) is 47.4 Å². The van der Waals surface area contributed by atoms with Crippen molar-refractivity contribution >= 4 is 32.7 Å². The molecule has 0 aliphatic heterocycles. The molecule has 136 valence electrons. The van der Waals surface area contributed by atoms with Crippen molar-refractivity contribution in [2.24, 2.45) is 5.92 Å². The molecule has 0 saturated heterocycles. The zero-order chi connectivity index (χ0) is 19.2. The van der Waals surface area contributed by atoms with Gasteiger partial charge in [-0.3, -0.25) is 9.59 Å². The van der Waals surface area contributed by atoms with Crippen LogP contribution in [0.2, 0.25) is 0 Å². The molecule has 1 amide bonds. The zero-order valence-corrected chi connectivity index (χ0v) is 15.0. The van der Waals surface area contributed by atoms with Gasteiger partial charge in [0.2, 0.25) is 5.91 Å². The van der Waals surface area contributed by atoms with Crippen molar-refractivity contribution in [1.82, 2.24) is 4.72 Å². The van der Waals surface area contributed by atoms with E-state index in [2.05, 4.69) is 0 Å². The first-order valence-electron chi connectivity index (χ1n) is 7.98. The molecule has 2 aromatic rings. The number of carbonyl (C=O) groups excluding carboxylic acids is 2. The number of benzene rings is 2. The van der Waals surface area contributed by atoms with Gasteiger partial charge in [0.1, 0.15) is 5.92 Å². The molecule has 0 saturated carbocycles. The van der Waals surface area contributed by atoms with Crippen LogP contribution >= 0.6 is 0 Å². The molecule has 0 bridgehead atoms. The molecule has 8 heteroatoms. The van der Waals surface area contributed by atoms with Gasteiger partial charge in [-0.2, -0.15) is 5.26 Å². The number of hydrogen-bond donors (Lipinski definition) is 1. The van der Waals surface area contributed by atoms with E-state index in [1.807, 2.05) is 22.9 Å². The van der Waals surface area contributed by atoms with Crippen molar-refractivity contribution in [3.05, 3.63) is 42.5 Å². The summed E-state index contributed by atoms with van der Waals surface area (Å²) < 4.78 is 31.7. The lowest BCUT2D eigenvalue weighted by atomic mass is 10.0. The fraction of sp³-hybridized carbons (Fsp3) is 0.278. The maximum Gasteiger partial charge on any atom is 0.318 e. The highest BCUT2D eigenvalue weighted by Gasteiger charge is 2.31. The summed E-state index contributed by atoms with van der Waals surface area (Å²) in [6, 6.07) is 13.5. The second kappa shape index (κ2) is 8.45. The third-order valence-electron chi connectivity index (χ3n) is 3.70. The minimum absolute atomic E-state index is 0.0482. The minimum Gasteiger partial charge on any atom is -0.465 e. The summed E-state index contributed by atoms with van der Waals surface area (Å²) >= 11 is 0. The summed E-state index contributed by atoms with van der Waals surface area (Å²) in [6.45, 7) is 1.62. The number of amides is 1. The summed E-state index contributed by atoms with van der Waals surface area (Å²) in [4.78, 5) is 24.1. The van der Waals surface area contributed by atoms with E-state index in [0.29, 0.717) is 5.39 Å². The number of carbonyl (C=O) groups is 2. The topological polar surface area (TPSA) is 113 Å². The van der Waals surface area contributed by atoms with Crippen LogP contribution in [0.4, 0.5) is 0 Å². The fourth-order valence-electron chi connectivity index (χ4n) is 2.40. The standard InChI is InChI=1S/C18H18N2O5S/c1-2-25-18(22)16(8-5-11-19)17(21)20-26(23,24)15-10-9-13-6-3-4-7-14(13)12-15/h3-4,6-7,9-10,12,16H,2,5,8H2,1H3,(H,20,21). The Kier molecular flexibility index (Phi) is 6.31. The van der Waals surface area contributed by atoms with Crippen LogP contribution in [0.5, 0.6) is 0 Å².